The first-order chi connectivity index (χ1) is 18.0. The molecule has 1 saturated carbocycles. The Hall–Kier alpha value is -3.41. The summed E-state index contributed by atoms with van der Waals surface area (Å²) >= 11 is 0. The zero-order chi connectivity index (χ0) is 25.8. The Kier molecular flexibility index (Phi) is 7.73. The van der Waals surface area contributed by atoms with Gasteiger partial charge in [-0.25, -0.2) is 4.99 Å². The first-order valence-electron chi connectivity index (χ1n) is 13.9. The van der Waals surface area contributed by atoms with E-state index in [2.05, 4.69) is 11.9 Å². The Bertz CT molecular complexity index is 1200. The van der Waals surface area contributed by atoms with Crippen molar-refractivity contribution in [2.24, 2.45) is 16.6 Å². The number of amidine groups is 1. The molecule has 2 aromatic carbocycles. The van der Waals surface area contributed by atoms with E-state index in [0.29, 0.717) is 23.7 Å². The van der Waals surface area contributed by atoms with Crippen molar-refractivity contribution >= 4 is 29.4 Å². The number of carbonyl (C=O) groups is 2. The van der Waals surface area contributed by atoms with E-state index in [1.54, 1.807) is 0 Å². The van der Waals surface area contributed by atoms with E-state index in [1.165, 1.54) is 25.7 Å². The number of fused-ring (bicyclic) bond motifs is 1. The molecule has 194 valence electrons. The number of aliphatic imine (C=N–C) groups is 1. The fraction of sp³-hybridized carbons (Fsp3) is 0.452. The molecule has 6 nitrogen and oxygen atoms in total. The van der Waals surface area contributed by atoms with Crippen LogP contribution >= 0.6 is 0 Å². The second-order valence-electron chi connectivity index (χ2n) is 10.7. The van der Waals surface area contributed by atoms with Crippen molar-refractivity contribution in [3.05, 3.63) is 59.2 Å². The number of hydrogen-bond acceptors (Lipinski definition) is 4. The molecular formula is C31H38N4O2. The Morgan fingerprint density at radius 2 is 1.70 bits per heavy atom. The molecule has 2 fully saturated rings. The fourth-order valence-electron chi connectivity index (χ4n) is 5.87. The van der Waals surface area contributed by atoms with Gasteiger partial charge in [-0.05, 0) is 73.4 Å². The van der Waals surface area contributed by atoms with Crippen LogP contribution in [0.3, 0.4) is 0 Å². The van der Waals surface area contributed by atoms with Gasteiger partial charge in [0.15, 0.2) is 0 Å². The van der Waals surface area contributed by atoms with Gasteiger partial charge in [0, 0.05) is 49.3 Å². The lowest BCUT2D eigenvalue weighted by molar-refractivity contribution is -0.127. The maximum Gasteiger partial charge on any atom is 0.253 e. The third kappa shape index (κ3) is 5.79. The third-order valence-corrected chi connectivity index (χ3v) is 7.86. The lowest BCUT2D eigenvalue weighted by Gasteiger charge is -2.26. The minimum absolute atomic E-state index is 0.0853. The van der Waals surface area contributed by atoms with Gasteiger partial charge < -0.3 is 15.5 Å². The molecule has 37 heavy (non-hydrogen) atoms. The van der Waals surface area contributed by atoms with Crippen LogP contribution in [0, 0.1) is 5.92 Å². The summed E-state index contributed by atoms with van der Waals surface area (Å²) in [6, 6.07) is 13.9. The van der Waals surface area contributed by atoms with Crippen LogP contribution < -0.4 is 5.73 Å². The summed E-state index contributed by atoms with van der Waals surface area (Å²) in [7, 11) is 0. The maximum absolute atomic E-state index is 13.6. The molecule has 0 spiro atoms. The molecule has 2 amide bonds. The molecule has 6 heteroatoms. The number of benzene rings is 2. The summed E-state index contributed by atoms with van der Waals surface area (Å²) in [6.07, 6.45) is 10.4. The molecule has 2 aliphatic heterocycles. The summed E-state index contributed by atoms with van der Waals surface area (Å²) in [6.45, 7) is 5.42. The SMILES string of the molecule is CCCN(CC1CCCC1)C(=O)C1=Cc2ccc(-c3ccc(C(=O)N4CCCC4)cc3)cc2N=C(N)C1. The number of carbonyl (C=O) groups excluding carboxylic acids is 2. The molecule has 2 N–H and O–H groups in total. The van der Waals surface area contributed by atoms with Crippen LogP contribution in [0.25, 0.3) is 17.2 Å². The highest BCUT2D eigenvalue weighted by Crippen LogP contribution is 2.33. The van der Waals surface area contributed by atoms with E-state index in [0.717, 1.165) is 73.4 Å². The van der Waals surface area contributed by atoms with Crippen LogP contribution in [-0.4, -0.2) is 53.6 Å². The number of nitrogens with zero attached hydrogens (tertiary/aromatic N) is 3. The van der Waals surface area contributed by atoms with Crippen LogP contribution in [-0.2, 0) is 4.79 Å². The molecule has 0 radical (unpaired) electrons. The van der Waals surface area contributed by atoms with Gasteiger partial charge in [-0.1, -0.05) is 44.0 Å². The average molecular weight is 499 g/mol. The smallest absolute Gasteiger partial charge is 0.253 e. The van der Waals surface area contributed by atoms with Crippen LogP contribution in [0.5, 0.6) is 0 Å². The highest BCUT2D eigenvalue weighted by atomic mass is 16.2. The summed E-state index contributed by atoms with van der Waals surface area (Å²) in [5, 5.41) is 0. The zero-order valence-corrected chi connectivity index (χ0v) is 21.9. The molecule has 0 atom stereocenters. The molecule has 2 heterocycles. The van der Waals surface area contributed by atoms with Crippen molar-refractivity contribution in [3.8, 4) is 11.1 Å². The van der Waals surface area contributed by atoms with E-state index in [4.69, 9.17) is 5.73 Å². The molecule has 1 aliphatic carbocycles. The van der Waals surface area contributed by atoms with Crippen LogP contribution in [0.2, 0.25) is 0 Å². The number of hydrogen-bond donors (Lipinski definition) is 1. The monoisotopic (exact) mass is 498 g/mol. The molecule has 0 unspecified atom stereocenters. The summed E-state index contributed by atoms with van der Waals surface area (Å²) < 4.78 is 0. The quantitative estimate of drug-likeness (QED) is 0.524. The number of rotatable bonds is 7. The molecule has 0 bridgehead atoms. The van der Waals surface area contributed by atoms with Gasteiger partial charge in [-0.3, -0.25) is 9.59 Å². The van der Waals surface area contributed by atoms with E-state index in [1.807, 2.05) is 58.3 Å². The van der Waals surface area contributed by atoms with Crippen LogP contribution in [0.15, 0.2) is 53.0 Å². The second-order valence-corrected chi connectivity index (χ2v) is 10.7. The number of nitrogens with two attached hydrogens (primary N) is 1. The summed E-state index contributed by atoms with van der Waals surface area (Å²) in [5.41, 5.74) is 11.5. The predicted octanol–water partition coefficient (Wildman–Crippen LogP) is 5.79. The second kappa shape index (κ2) is 11.3. The average Bonchev–Trinajstić information content (AvgIpc) is 3.60. The standard InChI is InChI=1S/C31H38N4O2/c1-2-15-35(21-22-7-3-4-8-22)31(37)27-18-26-14-13-25(19-28(26)33-29(32)20-27)23-9-11-24(12-10-23)30(36)34-16-5-6-17-34/h9-14,18-19,22H,2-8,15-17,20-21H2,1H3,(H2,32,33). The Balaban J connectivity index is 1.36. The van der Waals surface area contributed by atoms with Gasteiger partial charge in [0.25, 0.3) is 5.91 Å². The van der Waals surface area contributed by atoms with Crippen LogP contribution in [0.1, 0.15) is 74.2 Å². The Morgan fingerprint density at radius 1 is 1.00 bits per heavy atom. The predicted molar refractivity (Wildman–Crippen MR) is 150 cm³/mol. The van der Waals surface area contributed by atoms with Crippen molar-refractivity contribution < 1.29 is 9.59 Å². The van der Waals surface area contributed by atoms with Crippen molar-refractivity contribution in [1.29, 1.82) is 0 Å². The topological polar surface area (TPSA) is 79.0 Å². The highest BCUT2D eigenvalue weighted by molar-refractivity contribution is 6.05. The van der Waals surface area contributed by atoms with Crippen molar-refractivity contribution in [2.45, 2.75) is 58.3 Å². The van der Waals surface area contributed by atoms with Crippen molar-refractivity contribution in [2.75, 3.05) is 26.2 Å². The Labute approximate surface area is 220 Å². The van der Waals surface area contributed by atoms with Gasteiger partial charge in [-0.2, -0.15) is 0 Å². The first kappa shape index (κ1) is 25.2. The largest absolute Gasteiger partial charge is 0.387 e. The normalized spacial score (nSPS) is 17.7. The third-order valence-electron chi connectivity index (χ3n) is 7.86. The molecule has 2 aromatic rings. The highest BCUT2D eigenvalue weighted by Gasteiger charge is 2.25. The molecule has 0 aromatic heterocycles. The van der Waals surface area contributed by atoms with Crippen LogP contribution in [0.4, 0.5) is 5.69 Å². The fourth-order valence-corrected chi connectivity index (χ4v) is 5.87. The van der Waals surface area contributed by atoms with Gasteiger partial charge in [0.05, 0.1) is 5.69 Å². The lowest BCUT2D eigenvalue weighted by Crippen LogP contribution is -2.37. The van der Waals surface area contributed by atoms with Gasteiger partial charge in [-0.15, -0.1) is 0 Å². The number of likely N-dealkylation sites (tertiary alicyclic amines) is 1. The zero-order valence-electron chi connectivity index (χ0n) is 21.9. The minimum Gasteiger partial charge on any atom is -0.387 e. The van der Waals surface area contributed by atoms with E-state index in [-0.39, 0.29) is 11.8 Å². The molecular weight excluding hydrogens is 460 g/mol. The van der Waals surface area contributed by atoms with Gasteiger partial charge in [0.2, 0.25) is 5.91 Å². The molecule has 5 rings (SSSR count). The van der Waals surface area contributed by atoms with E-state index < -0.39 is 0 Å². The number of amides is 2. The Morgan fingerprint density at radius 3 is 2.41 bits per heavy atom. The van der Waals surface area contributed by atoms with Crippen molar-refractivity contribution in [1.82, 2.24) is 9.80 Å². The maximum atomic E-state index is 13.6. The lowest BCUT2D eigenvalue weighted by atomic mass is 9.99. The summed E-state index contributed by atoms with van der Waals surface area (Å²) in [4.78, 5) is 34.9. The van der Waals surface area contributed by atoms with Gasteiger partial charge >= 0.3 is 0 Å². The van der Waals surface area contributed by atoms with Gasteiger partial charge in [0.1, 0.15) is 5.84 Å². The van der Waals surface area contributed by atoms with E-state index >= 15 is 0 Å². The molecule has 3 aliphatic rings. The first-order valence-corrected chi connectivity index (χ1v) is 13.9. The summed E-state index contributed by atoms with van der Waals surface area (Å²) in [5.74, 6) is 1.26. The van der Waals surface area contributed by atoms with Crippen molar-refractivity contribution in [3.63, 3.8) is 0 Å². The molecule has 1 saturated heterocycles. The minimum atomic E-state index is 0.0853. The van der Waals surface area contributed by atoms with E-state index in [9.17, 15) is 9.59 Å².